The van der Waals surface area contributed by atoms with Crippen LogP contribution in [0.4, 0.5) is 16.2 Å². The molecule has 492 valence electrons. The number of ketones is 3. The molecule has 7 fully saturated rings. The van der Waals surface area contributed by atoms with E-state index >= 15 is 0 Å². The number of hydrogen-bond acceptors (Lipinski definition) is 19. The van der Waals surface area contributed by atoms with Gasteiger partial charge in [-0.2, -0.15) is 0 Å². The van der Waals surface area contributed by atoms with Crippen LogP contribution in [0, 0.1) is 46.3 Å². The van der Waals surface area contributed by atoms with Crippen molar-refractivity contribution in [2.75, 3.05) is 43.1 Å². The van der Waals surface area contributed by atoms with Crippen molar-refractivity contribution in [3.63, 3.8) is 0 Å². The molecule has 8 N–H and O–H groups in total. The smallest absolute Gasteiger partial charge is 0.410 e. The summed E-state index contributed by atoms with van der Waals surface area (Å²) in [5, 5.41) is 68.4. The summed E-state index contributed by atoms with van der Waals surface area (Å²) < 4.78 is 36.4. The molecule has 4 aliphatic carbocycles. The SMILES string of the molecule is C[C@]12C=CC(=O)C=C1CC[C@@H]1[C@@H]2[C@@H](O)CC2[C@H]1C[C@H]1O[C@@H](c3ccc(CC4CC5(CO4)CN(C(=O)OCc4ccc(O[C@@H]6O[C@H](C(=O)O)[C@@H](O)[C@H](O)[C@H]6O)c(NC(=O)CCNC(=O)C(=O)CC(=O)N6Cc7ccccc7C#Cc7ccccc76)c4)C5)cc3)O[C@@]21C(=O)CO. The summed E-state index contributed by atoms with van der Waals surface area (Å²) in [5.74, 6) is -0.159. The molecular weight excluding hydrogens is 1220 g/mol. The number of benzene rings is 4. The first kappa shape index (κ1) is 64.2. The number of amides is 4. The number of aliphatic hydroxyl groups excluding tert-OH is 5. The zero-order valence-corrected chi connectivity index (χ0v) is 51.3. The number of nitrogens with one attached hydrogen (secondary N) is 2. The lowest BCUT2D eigenvalue weighted by molar-refractivity contribution is -0.271. The normalized spacial score (nSPS) is 31.4. The van der Waals surface area contributed by atoms with E-state index in [1.807, 2.05) is 48.5 Å². The van der Waals surface area contributed by atoms with Crippen molar-refractivity contribution >= 4 is 58.5 Å². The highest BCUT2D eigenvalue weighted by Crippen LogP contribution is 2.65. The molecule has 0 bridgehead atoms. The van der Waals surface area contributed by atoms with Gasteiger partial charge in [-0.15, -0.1) is 0 Å². The van der Waals surface area contributed by atoms with E-state index in [0.717, 1.165) is 29.5 Å². The molecule has 2 unspecified atom stereocenters. The Kier molecular flexibility index (Phi) is 17.5. The van der Waals surface area contributed by atoms with Gasteiger partial charge in [-0.1, -0.05) is 91.1 Å². The Morgan fingerprint density at radius 3 is 2.36 bits per heavy atom. The fraction of sp³-hybridized carbons (Fsp3) is 0.457. The zero-order chi connectivity index (χ0) is 66.0. The Bertz CT molecular complexity index is 3850. The topological polar surface area (TPSA) is 344 Å². The Hall–Kier alpha value is -8.48. The minimum atomic E-state index is -2.02. The Labute approximate surface area is 539 Å². The van der Waals surface area contributed by atoms with E-state index in [0.29, 0.717) is 73.3 Å². The van der Waals surface area contributed by atoms with Crippen LogP contribution in [0.25, 0.3) is 0 Å². The van der Waals surface area contributed by atoms with E-state index in [4.69, 9.17) is 28.4 Å². The van der Waals surface area contributed by atoms with Crippen LogP contribution >= 0.6 is 0 Å². The number of aliphatic carboxylic acids is 1. The van der Waals surface area contributed by atoms with Crippen LogP contribution in [-0.4, -0.2) is 170 Å². The van der Waals surface area contributed by atoms with Crippen LogP contribution < -0.4 is 20.3 Å². The summed E-state index contributed by atoms with van der Waals surface area (Å²) in [4.78, 5) is 108. The average molecular weight is 1290 g/mol. The number of carbonyl (C=O) groups is 8. The third kappa shape index (κ3) is 12.0. The zero-order valence-electron chi connectivity index (χ0n) is 51.3. The van der Waals surface area contributed by atoms with Gasteiger partial charge in [0.1, 0.15) is 37.3 Å². The lowest BCUT2D eigenvalue weighted by Gasteiger charge is -2.56. The predicted octanol–water partition coefficient (Wildman–Crippen LogP) is 3.49. The second-order valence-electron chi connectivity index (χ2n) is 26.4. The third-order valence-electron chi connectivity index (χ3n) is 20.6. The number of rotatable bonds is 17. The molecule has 0 aromatic heterocycles. The Morgan fingerprint density at radius 2 is 1.59 bits per heavy atom. The lowest BCUT2D eigenvalue weighted by Crippen LogP contribution is -2.61. The number of Topliss-reactive ketones (excluding diaryl/α,β-unsaturated/α-hetero) is 2. The molecule has 13 rings (SSSR count). The molecule has 5 aliphatic heterocycles. The molecule has 5 heterocycles. The lowest BCUT2D eigenvalue weighted by atomic mass is 9.49. The standard InChI is InChI=1S/C70H72N4O20/c1-68-22-20-44(76)26-43(68)17-18-46-47-27-55-70(54(79)32-75,48(47)28-51(77)58(46)68)94-65(92-55)41-13-10-37(11-14-41)24-45-30-69(36-90-45)34-73(35-69)67(88)89-33-38-12-19-53(91-66-61(84)59(82)60(83)62(93-66)64(86)87)49(25-38)72-56(80)21-23-71-63(85)52(78)29-57(81)74-31-42-8-3-2-6-39(42)15-16-40-7-4-5-9-50(40)74/h2-14,19-20,22,25-26,45-48,51,55,58-62,65-66,75,77,82-84H,17-18,21,23-24,27-36H2,1H3,(H,71,85)(H,72,80)(H,86,87)/t45?,46-,47-,48?,51-,55+,58+,59-,60-,61+,62-,65+,66+,68-,70+/m0/s1. The van der Waals surface area contributed by atoms with Gasteiger partial charge in [0.05, 0.1) is 49.3 Å². The van der Waals surface area contributed by atoms with Crippen LogP contribution in [0.1, 0.15) is 91.5 Å². The predicted molar refractivity (Wildman–Crippen MR) is 328 cm³/mol. The molecule has 24 nitrogen and oxygen atoms in total. The molecule has 3 saturated carbocycles. The largest absolute Gasteiger partial charge is 0.479 e. The van der Waals surface area contributed by atoms with Gasteiger partial charge in [0.25, 0.3) is 5.91 Å². The first-order chi connectivity index (χ1) is 45.1. The van der Waals surface area contributed by atoms with Crippen LogP contribution in [0.5, 0.6) is 5.75 Å². The molecule has 4 aromatic carbocycles. The number of nitrogens with zero attached hydrogens (tertiary/aromatic N) is 2. The summed E-state index contributed by atoms with van der Waals surface area (Å²) in [5.41, 5.74) is 3.21. The molecule has 24 heteroatoms. The first-order valence-corrected chi connectivity index (χ1v) is 31.7. The van der Waals surface area contributed by atoms with Crippen molar-refractivity contribution in [2.24, 2.45) is 34.5 Å². The van der Waals surface area contributed by atoms with E-state index in [2.05, 4.69) is 29.4 Å². The molecular formula is C70H72N4O20. The fourth-order valence-corrected chi connectivity index (χ4v) is 16.0. The highest BCUT2D eigenvalue weighted by molar-refractivity contribution is 6.40. The van der Waals surface area contributed by atoms with Gasteiger partial charge in [-0.25, -0.2) is 9.59 Å². The number of carboxylic acid groups (broad SMARTS) is 1. The molecule has 94 heavy (non-hydrogen) atoms. The number of carbonyl (C=O) groups excluding carboxylic acids is 7. The number of allylic oxidation sites excluding steroid dienone is 4. The van der Waals surface area contributed by atoms with Crippen LogP contribution in [0.3, 0.4) is 0 Å². The van der Waals surface area contributed by atoms with E-state index in [1.165, 1.54) is 23.1 Å². The van der Waals surface area contributed by atoms with Crippen LogP contribution in [0.2, 0.25) is 0 Å². The molecule has 4 saturated heterocycles. The van der Waals surface area contributed by atoms with E-state index in [-0.39, 0.29) is 72.1 Å². The van der Waals surface area contributed by atoms with Gasteiger partial charge in [-0.3, -0.25) is 28.8 Å². The molecule has 4 aromatic rings. The molecule has 9 aliphatic rings. The highest BCUT2D eigenvalue weighted by atomic mass is 16.7. The van der Waals surface area contributed by atoms with Gasteiger partial charge in [-0.05, 0) is 110 Å². The molecule has 15 atom stereocenters. The number of likely N-dealkylation sites (tertiary alicyclic amines) is 1. The monoisotopic (exact) mass is 1290 g/mol. The molecule has 1 spiro atoms. The van der Waals surface area contributed by atoms with Gasteiger partial charge in [0.15, 0.2) is 29.6 Å². The number of hydrogen-bond donors (Lipinski definition) is 8. The Balaban J connectivity index is 0.599. The van der Waals surface area contributed by atoms with E-state index < -0.39 is 121 Å². The summed E-state index contributed by atoms with van der Waals surface area (Å²) in [7, 11) is 0. The van der Waals surface area contributed by atoms with Crippen LogP contribution in [-0.2, 0) is 76.8 Å². The third-order valence-corrected chi connectivity index (χ3v) is 20.6. The second-order valence-corrected chi connectivity index (χ2v) is 26.4. The van der Waals surface area contributed by atoms with Crippen molar-refractivity contribution in [2.45, 2.75) is 132 Å². The van der Waals surface area contributed by atoms with Gasteiger partial charge >= 0.3 is 12.1 Å². The number of carboxylic acids is 1. The van der Waals surface area contributed by atoms with Crippen LogP contribution in [0.15, 0.2) is 115 Å². The van der Waals surface area contributed by atoms with Crippen molar-refractivity contribution in [1.29, 1.82) is 0 Å². The quantitative estimate of drug-likeness (QED) is 0.0426. The summed E-state index contributed by atoms with van der Waals surface area (Å²) in [6, 6.07) is 26.1. The summed E-state index contributed by atoms with van der Waals surface area (Å²) in [6.45, 7) is 1.90. The van der Waals surface area contributed by atoms with Gasteiger partial charge in [0, 0.05) is 65.4 Å². The highest BCUT2D eigenvalue weighted by Gasteiger charge is 2.70. The van der Waals surface area contributed by atoms with Gasteiger partial charge < -0.3 is 79.5 Å². The summed E-state index contributed by atoms with van der Waals surface area (Å²) in [6.07, 6.45) is -5.32. The minimum Gasteiger partial charge on any atom is -0.479 e. The van der Waals surface area contributed by atoms with Crippen molar-refractivity contribution in [1.82, 2.24) is 10.2 Å². The average Bonchev–Trinajstić information content (AvgIpc) is 1.49. The number of aliphatic hydroxyl groups is 5. The number of fused-ring (bicyclic) bond motifs is 9. The van der Waals surface area contributed by atoms with E-state index in [9.17, 15) is 69.0 Å². The minimum absolute atomic E-state index is 0.0123. The number of ether oxygens (including phenoxy) is 6. The molecule has 0 radical (unpaired) electrons. The first-order valence-electron chi connectivity index (χ1n) is 31.7. The van der Waals surface area contributed by atoms with Crippen molar-refractivity contribution in [3.8, 4) is 17.6 Å². The fourth-order valence-electron chi connectivity index (χ4n) is 16.0. The summed E-state index contributed by atoms with van der Waals surface area (Å²) >= 11 is 0. The Morgan fingerprint density at radius 1 is 0.840 bits per heavy atom. The molecule has 4 amide bonds. The van der Waals surface area contributed by atoms with Crippen molar-refractivity contribution < 1.29 is 97.4 Å². The maximum Gasteiger partial charge on any atom is 0.410 e. The maximum atomic E-state index is 13.9. The van der Waals surface area contributed by atoms with Gasteiger partial charge in [0.2, 0.25) is 23.9 Å². The number of anilines is 2. The van der Waals surface area contributed by atoms with Crippen molar-refractivity contribution in [3.05, 3.63) is 148 Å². The maximum absolute atomic E-state index is 13.9. The van der Waals surface area contributed by atoms with E-state index in [1.54, 1.807) is 47.4 Å². The number of para-hydroxylation sites is 1. The second kappa shape index (κ2) is 25.7.